The first-order valence-corrected chi connectivity index (χ1v) is 6.28. The van der Waals surface area contributed by atoms with E-state index in [9.17, 15) is 4.79 Å². The molecule has 2 aromatic rings. The zero-order chi connectivity index (χ0) is 9.26. The van der Waals surface area contributed by atoms with E-state index in [0.29, 0.717) is 10.5 Å². The summed E-state index contributed by atoms with van der Waals surface area (Å²) < 4.78 is 5.08. The fourth-order valence-corrected chi connectivity index (χ4v) is 2.05. The predicted molar refractivity (Wildman–Crippen MR) is 57.3 cm³/mol. The Morgan fingerprint density at radius 3 is 2.85 bits per heavy atom. The van der Waals surface area contributed by atoms with Crippen LogP contribution >= 0.6 is 25.0 Å². The largest absolute Gasteiger partial charge is 0.422 e. The van der Waals surface area contributed by atoms with E-state index in [2.05, 4.69) is 14.8 Å². The maximum Gasteiger partial charge on any atom is 0.350 e. The fraction of sp³-hybridized carbons (Fsp3) is 0. The lowest BCUT2D eigenvalue weighted by Gasteiger charge is -1.96. The minimum absolute atomic E-state index is 0.305. The van der Waals surface area contributed by atoms with Gasteiger partial charge in [0.05, 0.1) is 0 Å². The van der Waals surface area contributed by atoms with Crippen molar-refractivity contribution in [2.24, 2.45) is 0 Å². The van der Waals surface area contributed by atoms with Crippen molar-refractivity contribution >= 4 is 36.0 Å². The number of fused-ring (bicyclic) bond motifs is 1. The van der Waals surface area contributed by atoms with Crippen LogP contribution in [0.1, 0.15) is 0 Å². The Kier molecular flexibility index (Phi) is 2.42. The van der Waals surface area contributed by atoms with Crippen molar-refractivity contribution in [2.75, 3.05) is 0 Å². The van der Waals surface area contributed by atoms with Crippen LogP contribution in [-0.4, -0.2) is 0 Å². The van der Waals surface area contributed by atoms with Gasteiger partial charge in [0, 0.05) is 5.39 Å². The molecule has 0 amide bonds. The van der Waals surface area contributed by atoms with Gasteiger partial charge in [0.2, 0.25) is 0 Å². The van der Waals surface area contributed by atoms with Crippen molar-refractivity contribution in [3.05, 3.63) is 40.8 Å². The Balaban J connectivity index is 2.81. The third-order valence-corrected chi connectivity index (χ3v) is 3.19. The SMILES string of the molecule is O=c1oc2ccccc2cc1SBr. The summed E-state index contributed by atoms with van der Waals surface area (Å²) in [4.78, 5) is 11.8. The summed E-state index contributed by atoms with van der Waals surface area (Å²) in [6, 6.07) is 9.24. The molecule has 0 fully saturated rings. The summed E-state index contributed by atoms with van der Waals surface area (Å²) in [6.45, 7) is 0. The minimum atomic E-state index is -0.305. The molecule has 0 aliphatic rings. The fourth-order valence-electron chi connectivity index (χ4n) is 1.10. The highest BCUT2D eigenvalue weighted by atomic mass is 79.9. The van der Waals surface area contributed by atoms with Gasteiger partial charge in [-0.3, -0.25) is 0 Å². The Morgan fingerprint density at radius 1 is 1.31 bits per heavy atom. The number of halogens is 1. The average Bonchev–Trinajstić information content (AvgIpc) is 2.17. The molecule has 66 valence electrons. The quantitative estimate of drug-likeness (QED) is 0.735. The van der Waals surface area contributed by atoms with Gasteiger partial charge < -0.3 is 4.42 Å². The summed E-state index contributed by atoms with van der Waals surface area (Å²) in [5.74, 6) is 0. The van der Waals surface area contributed by atoms with E-state index >= 15 is 0 Å². The van der Waals surface area contributed by atoms with Gasteiger partial charge in [-0.25, -0.2) is 4.79 Å². The Labute approximate surface area is 86.1 Å². The van der Waals surface area contributed by atoms with E-state index in [1.807, 2.05) is 18.2 Å². The molecule has 0 N–H and O–H groups in total. The molecule has 1 aromatic heterocycles. The van der Waals surface area contributed by atoms with Crippen LogP contribution in [-0.2, 0) is 0 Å². The molecular formula is C9H5BrO2S. The monoisotopic (exact) mass is 256 g/mol. The maximum atomic E-state index is 11.2. The van der Waals surface area contributed by atoms with Gasteiger partial charge in [-0.1, -0.05) is 18.2 Å². The van der Waals surface area contributed by atoms with Crippen LogP contribution in [0.3, 0.4) is 0 Å². The number of benzene rings is 1. The minimum Gasteiger partial charge on any atom is -0.422 e. The zero-order valence-corrected chi connectivity index (χ0v) is 8.89. The highest BCUT2D eigenvalue weighted by Gasteiger charge is 2.02. The zero-order valence-electron chi connectivity index (χ0n) is 6.49. The van der Waals surface area contributed by atoms with E-state index in [1.165, 1.54) is 10.2 Å². The average molecular weight is 257 g/mol. The van der Waals surface area contributed by atoms with Crippen LogP contribution in [0.5, 0.6) is 0 Å². The molecule has 0 aliphatic heterocycles. The third-order valence-electron chi connectivity index (χ3n) is 1.69. The molecule has 0 aliphatic carbocycles. The second-order valence-corrected chi connectivity index (χ2v) is 4.08. The van der Waals surface area contributed by atoms with Gasteiger partial charge in [0.15, 0.2) is 0 Å². The smallest absolute Gasteiger partial charge is 0.350 e. The summed E-state index contributed by atoms with van der Waals surface area (Å²) in [7, 11) is 1.22. The van der Waals surface area contributed by atoms with Crippen LogP contribution in [0.2, 0.25) is 0 Å². The summed E-state index contributed by atoms with van der Waals surface area (Å²) in [5, 5.41) is 0.934. The molecule has 2 rings (SSSR count). The molecule has 0 saturated heterocycles. The highest BCUT2D eigenvalue weighted by Crippen LogP contribution is 2.23. The van der Waals surface area contributed by atoms with Gasteiger partial charge in [-0.05, 0) is 37.1 Å². The predicted octanol–water partition coefficient (Wildman–Crippen LogP) is 3.20. The van der Waals surface area contributed by atoms with Gasteiger partial charge in [-0.2, -0.15) is 0 Å². The van der Waals surface area contributed by atoms with E-state index in [4.69, 9.17) is 4.42 Å². The van der Waals surface area contributed by atoms with Gasteiger partial charge in [0.25, 0.3) is 0 Å². The molecule has 4 heteroatoms. The van der Waals surface area contributed by atoms with E-state index in [0.717, 1.165) is 5.39 Å². The van der Waals surface area contributed by atoms with E-state index in [1.54, 1.807) is 12.1 Å². The van der Waals surface area contributed by atoms with Crippen molar-refractivity contribution < 1.29 is 4.42 Å². The maximum absolute atomic E-state index is 11.2. The van der Waals surface area contributed by atoms with E-state index in [-0.39, 0.29) is 5.63 Å². The second kappa shape index (κ2) is 3.55. The molecule has 1 heterocycles. The van der Waals surface area contributed by atoms with Gasteiger partial charge in [-0.15, -0.1) is 0 Å². The molecule has 1 aromatic carbocycles. The first-order chi connectivity index (χ1) is 6.31. The Hall–Kier alpha value is -0.740. The van der Waals surface area contributed by atoms with Crippen LogP contribution in [0.4, 0.5) is 0 Å². The summed E-state index contributed by atoms with van der Waals surface area (Å²) >= 11 is 3.15. The van der Waals surface area contributed by atoms with Gasteiger partial charge >= 0.3 is 5.63 Å². The molecule has 2 nitrogen and oxygen atoms in total. The van der Waals surface area contributed by atoms with Crippen LogP contribution < -0.4 is 5.63 Å². The Morgan fingerprint density at radius 2 is 2.08 bits per heavy atom. The number of para-hydroxylation sites is 1. The molecule has 0 bridgehead atoms. The van der Waals surface area contributed by atoms with Crippen molar-refractivity contribution in [1.29, 1.82) is 0 Å². The third kappa shape index (κ3) is 1.64. The second-order valence-electron chi connectivity index (χ2n) is 2.51. The van der Waals surface area contributed by atoms with Crippen LogP contribution in [0.25, 0.3) is 11.0 Å². The van der Waals surface area contributed by atoms with Crippen molar-refractivity contribution in [1.82, 2.24) is 0 Å². The number of rotatable bonds is 1. The number of hydrogen-bond acceptors (Lipinski definition) is 3. The van der Waals surface area contributed by atoms with Crippen LogP contribution in [0.15, 0.2) is 44.4 Å². The molecule has 0 unspecified atom stereocenters. The summed E-state index contributed by atoms with van der Waals surface area (Å²) in [6.07, 6.45) is 0. The normalized spacial score (nSPS) is 10.5. The van der Waals surface area contributed by atoms with E-state index < -0.39 is 0 Å². The van der Waals surface area contributed by atoms with Crippen LogP contribution in [0, 0.1) is 0 Å². The molecule has 0 saturated carbocycles. The molecule has 0 radical (unpaired) electrons. The molecule has 13 heavy (non-hydrogen) atoms. The first kappa shape index (κ1) is 8.84. The molecule has 0 spiro atoms. The van der Waals surface area contributed by atoms with Crippen molar-refractivity contribution in [3.63, 3.8) is 0 Å². The van der Waals surface area contributed by atoms with Crippen molar-refractivity contribution in [2.45, 2.75) is 4.90 Å². The molecule has 0 atom stereocenters. The highest BCUT2D eigenvalue weighted by molar-refractivity contribution is 9.50. The lowest BCUT2D eigenvalue weighted by Crippen LogP contribution is -1.99. The van der Waals surface area contributed by atoms with Crippen molar-refractivity contribution in [3.8, 4) is 0 Å². The Bertz CT molecular complexity index is 492. The summed E-state index contributed by atoms with van der Waals surface area (Å²) in [5.41, 5.74) is 0.318. The van der Waals surface area contributed by atoms with Gasteiger partial charge in [0.1, 0.15) is 10.5 Å². The number of hydrogen-bond donors (Lipinski definition) is 0. The topological polar surface area (TPSA) is 30.2 Å². The molecular weight excluding hydrogens is 252 g/mol. The lowest BCUT2D eigenvalue weighted by molar-refractivity contribution is 0.544. The standard InChI is InChI=1S/C9H5BrO2S/c10-13-8-5-6-3-1-2-4-7(6)12-9(8)11/h1-5H. The lowest BCUT2D eigenvalue weighted by atomic mass is 10.2. The first-order valence-electron chi connectivity index (χ1n) is 3.63.